The second kappa shape index (κ2) is 8.32. The van der Waals surface area contributed by atoms with Gasteiger partial charge in [0.05, 0.1) is 12.2 Å². The summed E-state index contributed by atoms with van der Waals surface area (Å²) < 4.78 is 1.67. The molecule has 132 valence electrons. The molecule has 1 aromatic carbocycles. The van der Waals surface area contributed by atoms with Gasteiger partial charge in [0.1, 0.15) is 0 Å². The van der Waals surface area contributed by atoms with Crippen LogP contribution < -0.4 is 16.0 Å². The summed E-state index contributed by atoms with van der Waals surface area (Å²) in [7, 11) is 0. The minimum Gasteiger partial charge on any atom is -0.352 e. The molecule has 3 N–H and O–H groups in total. The number of rotatable bonds is 5. The van der Waals surface area contributed by atoms with Crippen molar-refractivity contribution in [2.75, 3.05) is 11.9 Å². The lowest BCUT2D eigenvalue weighted by Gasteiger charge is -2.22. The van der Waals surface area contributed by atoms with E-state index in [1.165, 1.54) is 6.42 Å². The molecular formula is C18H23N5O2. The van der Waals surface area contributed by atoms with Crippen LogP contribution in [0, 0.1) is 0 Å². The highest BCUT2D eigenvalue weighted by molar-refractivity contribution is 5.91. The molecule has 25 heavy (non-hydrogen) atoms. The van der Waals surface area contributed by atoms with E-state index in [1.54, 1.807) is 16.9 Å². The Bertz CT molecular complexity index is 707. The van der Waals surface area contributed by atoms with Gasteiger partial charge in [0.2, 0.25) is 5.91 Å². The number of benzene rings is 1. The number of hydrogen-bond donors (Lipinski definition) is 3. The van der Waals surface area contributed by atoms with Crippen LogP contribution in [0.2, 0.25) is 0 Å². The van der Waals surface area contributed by atoms with Crippen molar-refractivity contribution in [3.05, 3.63) is 42.6 Å². The fraction of sp³-hybridized carbons (Fsp3) is 0.389. The maximum absolute atomic E-state index is 11.9. The molecule has 0 radical (unpaired) electrons. The smallest absolute Gasteiger partial charge is 0.320 e. The van der Waals surface area contributed by atoms with Crippen LogP contribution in [0.4, 0.5) is 10.6 Å². The van der Waals surface area contributed by atoms with Crippen molar-refractivity contribution in [3.8, 4) is 5.69 Å². The van der Waals surface area contributed by atoms with Crippen LogP contribution >= 0.6 is 0 Å². The lowest BCUT2D eigenvalue weighted by Crippen LogP contribution is -2.43. The molecule has 2 aromatic rings. The Kier molecular flexibility index (Phi) is 5.66. The predicted octanol–water partition coefficient (Wildman–Crippen LogP) is 2.44. The zero-order chi connectivity index (χ0) is 17.5. The number of nitrogens with one attached hydrogen (secondary N) is 3. The molecule has 1 heterocycles. The largest absolute Gasteiger partial charge is 0.352 e. The summed E-state index contributed by atoms with van der Waals surface area (Å²) in [5.74, 6) is 0.269. The summed E-state index contributed by atoms with van der Waals surface area (Å²) in [6, 6.07) is 11.1. The topological polar surface area (TPSA) is 88.1 Å². The minimum absolute atomic E-state index is 0.0400. The molecular weight excluding hydrogens is 318 g/mol. The summed E-state index contributed by atoms with van der Waals surface area (Å²) in [6.07, 6.45) is 7.36. The minimum atomic E-state index is -0.447. The van der Waals surface area contributed by atoms with Gasteiger partial charge in [-0.1, -0.05) is 37.5 Å². The maximum atomic E-state index is 11.9. The molecule has 1 fully saturated rings. The first kappa shape index (κ1) is 17.0. The third-order valence-corrected chi connectivity index (χ3v) is 4.23. The highest BCUT2D eigenvalue weighted by atomic mass is 16.2. The molecule has 7 heteroatoms. The number of nitrogens with zero attached hydrogens (tertiary/aromatic N) is 2. The number of carbonyl (C=O) groups excluding carboxylic acids is 2. The van der Waals surface area contributed by atoms with E-state index in [1.807, 2.05) is 30.3 Å². The molecule has 1 aliphatic rings. The maximum Gasteiger partial charge on any atom is 0.320 e. The van der Waals surface area contributed by atoms with Gasteiger partial charge in [-0.2, -0.15) is 0 Å². The molecule has 1 saturated carbocycles. The van der Waals surface area contributed by atoms with Crippen LogP contribution in [-0.2, 0) is 4.79 Å². The van der Waals surface area contributed by atoms with E-state index in [0.717, 1.165) is 31.4 Å². The average molecular weight is 341 g/mol. The monoisotopic (exact) mass is 341 g/mol. The fourth-order valence-corrected chi connectivity index (χ4v) is 2.96. The number of hydrogen-bond acceptors (Lipinski definition) is 3. The molecule has 3 rings (SSSR count). The normalized spacial score (nSPS) is 14.7. The molecule has 3 amide bonds. The third-order valence-electron chi connectivity index (χ3n) is 4.23. The first-order valence-electron chi connectivity index (χ1n) is 8.66. The zero-order valence-corrected chi connectivity index (χ0v) is 14.1. The third kappa shape index (κ3) is 5.07. The van der Waals surface area contributed by atoms with Crippen molar-refractivity contribution in [1.29, 1.82) is 0 Å². The van der Waals surface area contributed by atoms with Gasteiger partial charge in [0.25, 0.3) is 0 Å². The molecule has 0 atom stereocenters. The van der Waals surface area contributed by atoms with Crippen LogP contribution in [-0.4, -0.2) is 34.3 Å². The molecule has 0 saturated heterocycles. The molecule has 0 spiro atoms. The van der Waals surface area contributed by atoms with Crippen LogP contribution in [0.25, 0.3) is 5.69 Å². The summed E-state index contributed by atoms with van der Waals surface area (Å²) in [5.41, 5.74) is 0.905. The summed E-state index contributed by atoms with van der Waals surface area (Å²) in [5, 5.41) is 12.4. The Morgan fingerprint density at radius 2 is 1.84 bits per heavy atom. The van der Waals surface area contributed by atoms with E-state index >= 15 is 0 Å². The standard InChI is InChI=1S/C18H23N5O2/c24-17(20-14-7-3-1-4-8-14)13-19-18(25)21-16-11-12-23(22-16)15-9-5-2-6-10-15/h2,5-6,9-12,14H,1,3-4,7-8,13H2,(H,20,24)(H2,19,21,22,25). The van der Waals surface area contributed by atoms with E-state index < -0.39 is 6.03 Å². The molecule has 1 aromatic heterocycles. The van der Waals surface area contributed by atoms with Crippen LogP contribution in [0.3, 0.4) is 0 Å². The van der Waals surface area contributed by atoms with Gasteiger partial charge in [-0.15, -0.1) is 5.10 Å². The number of carbonyl (C=O) groups is 2. The van der Waals surface area contributed by atoms with Gasteiger partial charge in [-0.25, -0.2) is 9.48 Å². The van der Waals surface area contributed by atoms with Crippen molar-refractivity contribution >= 4 is 17.8 Å². The van der Waals surface area contributed by atoms with E-state index in [9.17, 15) is 9.59 Å². The van der Waals surface area contributed by atoms with Gasteiger partial charge < -0.3 is 10.6 Å². The van der Waals surface area contributed by atoms with Gasteiger partial charge in [0.15, 0.2) is 5.82 Å². The lowest BCUT2D eigenvalue weighted by molar-refractivity contribution is -0.120. The summed E-state index contributed by atoms with van der Waals surface area (Å²) in [4.78, 5) is 23.8. The van der Waals surface area contributed by atoms with Crippen molar-refractivity contribution in [2.45, 2.75) is 38.1 Å². The van der Waals surface area contributed by atoms with Gasteiger partial charge in [-0.05, 0) is 25.0 Å². The van der Waals surface area contributed by atoms with Crippen molar-refractivity contribution < 1.29 is 9.59 Å². The molecule has 0 bridgehead atoms. The first-order chi connectivity index (χ1) is 12.2. The van der Waals surface area contributed by atoms with Crippen molar-refractivity contribution in [2.24, 2.45) is 0 Å². The van der Waals surface area contributed by atoms with Gasteiger partial charge >= 0.3 is 6.03 Å². The number of urea groups is 1. The highest BCUT2D eigenvalue weighted by Gasteiger charge is 2.16. The zero-order valence-electron chi connectivity index (χ0n) is 14.1. The Morgan fingerprint density at radius 1 is 1.08 bits per heavy atom. The Balaban J connectivity index is 1.43. The molecule has 0 unspecified atom stereocenters. The SMILES string of the molecule is O=C(CNC(=O)Nc1ccn(-c2ccccc2)n1)NC1CCCCC1. The Labute approximate surface area is 146 Å². The number of aromatic nitrogens is 2. The molecule has 1 aliphatic carbocycles. The van der Waals surface area contributed by atoms with Crippen molar-refractivity contribution in [1.82, 2.24) is 20.4 Å². The first-order valence-corrected chi connectivity index (χ1v) is 8.66. The van der Waals surface area contributed by atoms with Crippen LogP contribution in [0.1, 0.15) is 32.1 Å². The van der Waals surface area contributed by atoms with Crippen LogP contribution in [0.15, 0.2) is 42.6 Å². The second-order valence-electron chi connectivity index (χ2n) is 6.19. The molecule has 7 nitrogen and oxygen atoms in total. The Hall–Kier alpha value is -2.83. The van der Waals surface area contributed by atoms with Gasteiger partial charge in [0, 0.05) is 18.3 Å². The van der Waals surface area contributed by atoms with E-state index in [-0.39, 0.29) is 18.5 Å². The van der Waals surface area contributed by atoms with Crippen molar-refractivity contribution in [3.63, 3.8) is 0 Å². The number of amides is 3. The average Bonchev–Trinajstić information content (AvgIpc) is 3.10. The van der Waals surface area contributed by atoms with E-state index in [4.69, 9.17) is 0 Å². The lowest BCUT2D eigenvalue weighted by atomic mass is 9.95. The summed E-state index contributed by atoms with van der Waals surface area (Å²) >= 11 is 0. The van der Waals surface area contributed by atoms with Crippen LogP contribution in [0.5, 0.6) is 0 Å². The highest BCUT2D eigenvalue weighted by Crippen LogP contribution is 2.17. The summed E-state index contributed by atoms with van der Waals surface area (Å²) in [6.45, 7) is -0.0400. The number of para-hydroxylation sites is 1. The quantitative estimate of drug-likeness (QED) is 0.780. The van der Waals surface area contributed by atoms with Gasteiger partial charge in [-0.3, -0.25) is 10.1 Å². The molecule has 0 aliphatic heterocycles. The number of anilines is 1. The Morgan fingerprint density at radius 3 is 2.60 bits per heavy atom. The fourth-order valence-electron chi connectivity index (χ4n) is 2.96. The predicted molar refractivity (Wildman–Crippen MR) is 95.6 cm³/mol. The van der Waals surface area contributed by atoms with E-state index in [0.29, 0.717) is 5.82 Å². The second-order valence-corrected chi connectivity index (χ2v) is 6.19. The van der Waals surface area contributed by atoms with E-state index in [2.05, 4.69) is 21.0 Å².